The Labute approximate surface area is 136 Å². The van der Waals surface area contributed by atoms with Crippen molar-refractivity contribution in [3.05, 3.63) is 64.7 Å². The van der Waals surface area contributed by atoms with Gasteiger partial charge >= 0.3 is 0 Å². The lowest BCUT2D eigenvalue weighted by molar-refractivity contribution is -0.121. The predicted octanol–water partition coefficient (Wildman–Crippen LogP) is 3.66. The fourth-order valence-electron chi connectivity index (χ4n) is 2.15. The lowest BCUT2D eigenvalue weighted by Crippen LogP contribution is -2.23. The van der Waals surface area contributed by atoms with Crippen molar-refractivity contribution in [2.75, 3.05) is 19.0 Å². The van der Waals surface area contributed by atoms with Gasteiger partial charge in [0.1, 0.15) is 0 Å². The molecule has 0 unspecified atom stereocenters. The Bertz CT molecular complexity index is 623. The number of carbonyl (C=O) groups is 1. The van der Waals surface area contributed by atoms with Gasteiger partial charge in [-0.25, -0.2) is 0 Å². The molecule has 3 nitrogen and oxygen atoms in total. The van der Waals surface area contributed by atoms with Crippen LogP contribution in [0.15, 0.2) is 48.5 Å². The summed E-state index contributed by atoms with van der Waals surface area (Å²) in [7, 11) is 4.01. The third-order valence-electron chi connectivity index (χ3n) is 3.52. The summed E-state index contributed by atoms with van der Waals surface area (Å²) >= 11 is 6.09. The molecule has 2 aromatic rings. The van der Waals surface area contributed by atoms with Crippen molar-refractivity contribution in [2.24, 2.45) is 0 Å². The van der Waals surface area contributed by atoms with Crippen molar-refractivity contribution in [1.82, 2.24) is 5.32 Å². The molecule has 1 N–H and O–H groups in total. The second-order valence-electron chi connectivity index (χ2n) is 5.43. The monoisotopic (exact) mass is 316 g/mol. The van der Waals surface area contributed by atoms with Crippen molar-refractivity contribution in [3.8, 4) is 0 Å². The van der Waals surface area contributed by atoms with Crippen LogP contribution >= 0.6 is 11.6 Å². The van der Waals surface area contributed by atoms with E-state index in [4.69, 9.17) is 11.6 Å². The Morgan fingerprint density at radius 3 is 2.41 bits per heavy atom. The van der Waals surface area contributed by atoms with E-state index in [2.05, 4.69) is 5.32 Å². The van der Waals surface area contributed by atoms with E-state index in [1.165, 1.54) is 0 Å². The Morgan fingerprint density at radius 1 is 1.09 bits per heavy atom. The van der Waals surface area contributed by atoms with Crippen LogP contribution in [0.1, 0.15) is 17.5 Å². The Kier molecular flexibility index (Phi) is 5.84. The Hall–Kier alpha value is -2.00. The molecule has 22 heavy (non-hydrogen) atoms. The molecule has 0 saturated heterocycles. The highest BCUT2D eigenvalue weighted by molar-refractivity contribution is 6.31. The molecule has 2 rings (SSSR count). The minimum atomic E-state index is 0.0385. The van der Waals surface area contributed by atoms with Crippen LogP contribution in [0.25, 0.3) is 0 Å². The summed E-state index contributed by atoms with van der Waals surface area (Å²) in [5.74, 6) is 0.0385. The summed E-state index contributed by atoms with van der Waals surface area (Å²) in [6.07, 6.45) is 1.10. The number of amides is 1. The molecular weight excluding hydrogens is 296 g/mol. The number of benzene rings is 2. The normalized spacial score (nSPS) is 10.3. The molecule has 1 amide bonds. The Balaban J connectivity index is 1.79. The third kappa shape index (κ3) is 4.78. The maximum atomic E-state index is 11.9. The number of nitrogens with zero attached hydrogens (tertiary/aromatic N) is 1. The van der Waals surface area contributed by atoms with Gasteiger partial charge in [-0.15, -0.1) is 0 Å². The zero-order chi connectivity index (χ0) is 15.9. The smallest absolute Gasteiger partial charge is 0.220 e. The largest absolute Gasteiger partial charge is 0.378 e. The first-order chi connectivity index (χ1) is 10.6. The van der Waals surface area contributed by atoms with Gasteiger partial charge in [-0.3, -0.25) is 4.79 Å². The maximum absolute atomic E-state index is 11.9. The first-order valence-electron chi connectivity index (χ1n) is 7.32. The van der Waals surface area contributed by atoms with Crippen molar-refractivity contribution in [1.29, 1.82) is 0 Å². The third-order valence-corrected chi connectivity index (χ3v) is 3.89. The number of aryl methyl sites for hydroxylation is 1. The van der Waals surface area contributed by atoms with E-state index in [0.29, 0.717) is 19.4 Å². The van der Waals surface area contributed by atoms with Gasteiger partial charge in [0.2, 0.25) is 5.91 Å². The lowest BCUT2D eigenvalue weighted by Gasteiger charge is -2.13. The molecule has 0 bridgehead atoms. The maximum Gasteiger partial charge on any atom is 0.220 e. The van der Waals surface area contributed by atoms with Gasteiger partial charge < -0.3 is 10.2 Å². The van der Waals surface area contributed by atoms with E-state index in [1.54, 1.807) is 0 Å². The van der Waals surface area contributed by atoms with Crippen LogP contribution in [0.4, 0.5) is 5.69 Å². The van der Waals surface area contributed by atoms with Crippen molar-refractivity contribution < 1.29 is 4.79 Å². The fraction of sp³-hybridized carbons (Fsp3) is 0.278. The molecule has 0 atom stereocenters. The molecule has 0 aliphatic carbocycles. The number of halogens is 1. The SMILES string of the molecule is CN(C)c1ccc(CNC(=O)CCc2ccccc2Cl)cc1. The molecule has 0 aliphatic rings. The van der Waals surface area contributed by atoms with Gasteiger partial charge in [-0.05, 0) is 35.7 Å². The van der Waals surface area contributed by atoms with Crippen LogP contribution in [0.5, 0.6) is 0 Å². The van der Waals surface area contributed by atoms with Crippen molar-refractivity contribution in [3.63, 3.8) is 0 Å². The van der Waals surface area contributed by atoms with Crippen LogP contribution in [-0.2, 0) is 17.8 Å². The van der Waals surface area contributed by atoms with E-state index in [0.717, 1.165) is 21.8 Å². The standard InChI is InChI=1S/C18H21ClN2O/c1-21(2)16-10-7-14(8-11-16)13-20-18(22)12-9-15-5-3-4-6-17(15)19/h3-8,10-11H,9,12-13H2,1-2H3,(H,20,22). The second kappa shape index (κ2) is 7.85. The van der Waals surface area contributed by atoms with E-state index >= 15 is 0 Å². The van der Waals surface area contributed by atoms with Crippen molar-refractivity contribution >= 4 is 23.2 Å². The molecule has 2 aromatic carbocycles. The number of rotatable bonds is 6. The average molecular weight is 317 g/mol. The van der Waals surface area contributed by atoms with Gasteiger partial charge in [0, 0.05) is 37.8 Å². The summed E-state index contributed by atoms with van der Waals surface area (Å²) in [5.41, 5.74) is 3.25. The van der Waals surface area contributed by atoms with E-state index in [-0.39, 0.29) is 5.91 Å². The van der Waals surface area contributed by atoms with Gasteiger partial charge in [0.15, 0.2) is 0 Å². The molecule has 4 heteroatoms. The number of nitrogens with one attached hydrogen (secondary N) is 1. The summed E-state index contributed by atoms with van der Waals surface area (Å²) in [4.78, 5) is 14.0. The Morgan fingerprint density at radius 2 is 1.77 bits per heavy atom. The number of hydrogen-bond donors (Lipinski definition) is 1. The molecule has 0 heterocycles. The van der Waals surface area contributed by atoms with Crippen molar-refractivity contribution in [2.45, 2.75) is 19.4 Å². The molecular formula is C18H21ClN2O. The molecule has 0 radical (unpaired) electrons. The summed E-state index contributed by atoms with van der Waals surface area (Å²) < 4.78 is 0. The van der Waals surface area contributed by atoms with E-state index in [9.17, 15) is 4.79 Å². The summed E-state index contributed by atoms with van der Waals surface area (Å²) in [6, 6.07) is 15.8. The molecule has 0 aromatic heterocycles. The molecule has 0 fully saturated rings. The molecule has 0 spiro atoms. The first kappa shape index (κ1) is 16.4. The number of carbonyl (C=O) groups excluding carboxylic acids is 1. The van der Waals surface area contributed by atoms with Crippen LogP contribution < -0.4 is 10.2 Å². The lowest BCUT2D eigenvalue weighted by atomic mass is 10.1. The summed E-state index contributed by atoms with van der Waals surface area (Å²) in [5, 5.41) is 3.66. The molecule has 0 aliphatic heterocycles. The zero-order valence-electron chi connectivity index (χ0n) is 13.0. The van der Waals surface area contributed by atoms with Crippen LogP contribution in [0.3, 0.4) is 0 Å². The van der Waals surface area contributed by atoms with E-state index < -0.39 is 0 Å². The highest BCUT2D eigenvalue weighted by Crippen LogP contribution is 2.16. The highest BCUT2D eigenvalue weighted by Gasteiger charge is 2.05. The fourth-order valence-corrected chi connectivity index (χ4v) is 2.38. The quantitative estimate of drug-likeness (QED) is 0.882. The van der Waals surface area contributed by atoms with E-state index in [1.807, 2.05) is 67.5 Å². The van der Waals surface area contributed by atoms with Crippen LogP contribution in [-0.4, -0.2) is 20.0 Å². The number of anilines is 1. The first-order valence-corrected chi connectivity index (χ1v) is 7.70. The van der Waals surface area contributed by atoms with Crippen LogP contribution in [0, 0.1) is 0 Å². The average Bonchev–Trinajstić information content (AvgIpc) is 2.52. The minimum absolute atomic E-state index is 0.0385. The highest BCUT2D eigenvalue weighted by atomic mass is 35.5. The van der Waals surface area contributed by atoms with Gasteiger partial charge in [-0.1, -0.05) is 41.9 Å². The second-order valence-corrected chi connectivity index (χ2v) is 5.84. The predicted molar refractivity (Wildman–Crippen MR) is 92.4 cm³/mol. The van der Waals surface area contributed by atoms with Gasteiger partial charge in [0.25, 0.3) is 0 Å². The molecule has 0 saturated carbocycles. The van der Waals surface area contributed by atoms with Gasteiger partial charge in [0.05, 0.1) is 0 Å². The van der Waals surface area contributed by atoms with Gasteiger partial charge in [-0.2, -0.15) is 0 Å². The summed E-state index contributed by atoms with van der Waals surface area (Å²) in [6.45, 7) is 0.551. The zero-order valence-corrected chi connectivity index (χ0v) is 13.7. The minimum Gasteiger partial charge on any atom is -0.378 e. The van der Waals surface area contributed by atoms with Crippen LogP contribution in [0.2, 0.25) is 5.02 Å². The molecule has 116 valence electrons. The topological polar surface area (TPSA) is 32.3 Å². The number of hydrogen-bond acceptors (Lipinski definition) is 2.